The van der Waals surface area contributed by atoms with Gasteiger partial charge in [-0.2, -0.15) is 0 Å². The molecule has 15 heavy (non-hydrogen) atoms. The summed E-state index contributed by atoms with van der Waals surface area (Å²) in [4.78, 5) is 11.7. The standard InChI is InChI=1S/C12H22N2O/c1-2-10(9-6-7-9)14-11-5-3-4-8-13-12(11)15/h9-11,14H,2-8H2,1H3,(H,13,15). The minimum atomic E-state index is 0.0676. The van der Waals surface area contributed by atoms with Gasteiger partial charge >= 0.3 is 0 Å². The highest BCUT2D eigenvalue weighted by molar-refractivity contribution is 5.81. The highest BCUT2D eigenvalue weighted by Gasteiger charge is 2.33. The Labute approximate surface area is 92.0 Å². The van der Waals surface area contributed by atoms with Crippen molar-refractivity contribution in [2.45, 2.75) is 57.5 Å². The van der Waals surface area contributed by atoms with Crippen molar-refractivity contribution in [1.29, 1.82) is 0 Å². The molecular weight excluding hydrogens is 188 g/mol. The van der Waals surface area contributed by atoms with Gasteiger partial charge in [-0.15, -0.1) is 0 Å². The lowest BCUT2D eigenvalue weighted by molar-refractivity contribution is -0.123. The fourth-order valence-electron chi connectivity index (χ4n) is 2.44. The summed E-state index contributed by atoms with van der Waals surface area (Å²) in [7, 11) is 0. The van der Waals surface area contributed by atoms with Gasteiger partial charge in [0.2, 0.25) is 5.91 Å². The smallest absolute Gasteiger partial charge is 0.237 e. The van der Waals surface area contributed by atoms with Gasteiger partial charge in [0.15, 0.2) is 0 Å². The summed E-state index contributed by atoms with van der Waals surface area (Å²) in [6, 6.07) is 0.636. The highest BCUT2D eigenvalue weighted by Crippen LogP contribution is 2.34. The second-order valence-electron chi connectivity index (χ2n) is 4.86. The van der Waals surface area contributed by atoms with Crippen molar-refractivity contribution in [2.24, 2.45) is 5.92 Å². The molecule has 0 spiro atoms. The Kier molecular flexibility index (Phi) is 3.62. The van der Waals surface area contributed by atoms with Crippen LogP contribution in [-0.4, -0.2) is 24.5 Å². The van der Waals surface area contributed by atoms with Crippen molar-refractivity contribution in [3.63, 3.8) is 0 Å². The van der Waals surface area contributed by atoms with E-state index in [2.05, 4.69) is 17.6 Å². The fourth-order valence-corrected chi connectivity index (χ4v) is 2.44. The number of nitrogens with one attached hydrogen (secondary N) is 2. The topological polar surface area (TPSA) is 41.1 Å². The number of carbonyl (C=O) groups excluding carboxylic acids is 1. The summed E-state index contributed by atoms with van der Waals surface area (Å²) in [6.07, 6.45) is 7.14. The highest BCUT2D eigenvalue weighted by atomic mass is 16.2. The molecule has 0 aromatic rings. The van der Waals surface area contributed by atoms with E-state index in [1.54, 1.807) is 0 Å². The van der Waals surface area contributed by atoms with Crippen LogP contribution in [0.4, 0.5) is 0 Å². The van der Waals surface area contributed by atoms with Crippen LogP contribution in [0.5, 0.6) is 0 Å². The fraction of sp³-hybridized carbons (Fsp3) is 0.917. The van der Waals surface area contributed by atoms with Crippen LogP contribution in [-0.2, 0) is 4.79 Å². The Bertz CT molecular complexity index is 226. The Morgan fingerprint density at radius 2 is 2.20 bits per heavy atom. The lowest BCUT2D eigenvalue weighted by Crippen LogP contribution is -2.47. The van der Waals surface area contributed by atoms with Crippen LogP contribution in [0.1, 0.15) is 45.4 Å². The summed E-state index contributed by atoms with van der Waals surface area (Å²) < 4.78 is 0. The van der Waals surface area contributed by atoms with Crippen LogP contribution >= 0.6 is 0 Å². The average molecular weight is 210 g/mol. The van der Waals surface area contributed by atoms with Gasteiger partial charge in [0.05, 0.1) is 6.04 Å². The SMILES string of the molecule is CCC(NC1CCCCNC1=O)C1CC1. The number of hydrogen-bond donors (Lipinski definition) is 2. The molecule has 1 saturated carbocycles. The van der Waals surface area contributed by atoms with Gasteiger partial charge in [0.25, 0.3) is 0 Å². The van der Waals surface area contributed by atoms with E-state index in [4.69, 9.17) is 0 Å². The third-order valence-corrected chi connectivity index (χ3v) is 3.58. The van der Waals surface area contributed by atoms with Crippen LogP contribution < -0.4 is 10.6 Å². The molecule has 86 valence electrons. The van der Waals surface area contributed by atoms with Gasteiger partial charge in [-0.25, -0.2) is 0 Å². The summed E-state index contributed by atoms with van der Waals surface area (Å²) in [5, 5.41) is 6.53. The molecule has 0 bridgehead atoms. The third-order valence-electron chi connectivity index (χ3n) is 3.58. The molecule has 2 N–H and O–H groups in total. The van der Waals surface area contributed by atoms with E-state index in [1.165, 1.54) is 12.8 Å². The van der Waals surface area contributed by atoms with Crippen molar-refractivity contribution in [3.05, 3.63) is 0 Å². The van der Waals surface area contributed by atoms with E-state index in [1.807, 2.05) is 0 Å². The molecule has 0 aromatic heterocycles. The van der Waals surface area contributed by atoms with Gasteiger partial charge in [-0.3, -0.25) is 4.79 Å². The molecule has 3 nitrogen and oxygen atoms in total. The lowest BCUT2D eigenvalue weighted by Gasteiger charge is -2.22. The van der Waals surface area contributed by atoms with Gasteiger partial charge in [0.1, 0.15) is 0 Å². The first-order chi connectivity index (χ1) is 7.31. The van der Waals surface area contributed by atoms with E-state index >= 15 is 0 Å². The summed E-state index contributed by atoms with van der Waals surface area (Å²) in [5.41, 5.74) is 0. The zero-order valence-corrected chi connectivity index (χ0v) is 9.59. The van der Waals surface area contributed by atoms with Crippen molar-refractivity contribution in [3.8, 4) is 0 Å². The van der Waals surface area contributed by atoms with Crippen LogP contribution in [0.25, 0.3) is 0 Å². The van der Waals surface area contributed by atoms with Crippen LogP contribution in [0, 0.1) is 5.92 Å². The van der Waals surface area contributed by atoms with E-state index in [0.29, 0.717) is 6.04 Å². The molecule has 0 radical (unpaired) electrons. The lowest BCUT2D eigenvalue weighted by atomic mass is 10.1. The van der Waals surface area contributed by atoms with Crippen molar-refractivity contribution < 1.29 is 4.79 Å². The molecule has 2 aliphatic rings. The number of hydrogen-bond acceptors (Lipinski definition) is 2. The van der Waals surface area contributed by atoms with E-state index in [9.17, 15) is 4.79 Å². The minimum Gasteiger partial charge on any atom is -0.355 e. The maximum Gasteiger partial charge on any atom is 0.237 e. The van der Waals surface area contributed by atoms with Crippen LogP contribution in [0.3, 0.4) is 0 Å². The molecule has 2 unspecified atom stereocenters. The first-order valence-electron chi connectivity index (χ1n) is 6.35. The Hall–Kier alpha value is -0.570. The number of carbonyl (C=O) groups is 1. The Morgan fingerprint density at radius 1 is 1.40 bits per heavy atom. The molecular formula is C12H22N2O. The second-order valence-corrected chi connectivity index (χ2v) is 4.86. The normalized spacial score (nSPS) is 29.4. The first kappa shape index (κ1) is 10.9. The molecule has 1 saturated heterocycles. The molecule has 1 aliphatic carbocycles. The average Bonchev–Trinajstić information content (AvgIpc) is 3.04. The predicted molar refractivity (Wildman–Crippen MR) is 60.6 cm³/mol. The predicted octanol–water partition coefficient (Wildman–Crippen LogP) is 1.43. The zero-order chi connectivity index (χ0) is 10.7. The van der Waals surface area contributed by atoms with E-state index in [-0.39, 0.29) is 11.9 Å². The molecule has 2 rings (SSSR count). The van der Waals surface area contributed by atoms with Crippen LogP contribution in [0.2, 0.25) is 0 Å². The largest absolute Gasteiger partial charge is 0.355 e. The number of rotatable bonds is 4. The molecule has 2 atom stereocenters. The Morgan fingerprint density at radius 3 is 2.87 bits per heavy atom. The van der Waals surface area contributed by atoms with Gasteiger partial charge < -0.3 is 10.6 Å². The van der Waals surface area contributed by atoms with Gasteiger partial charge in [0, 0.05) is 12.6 Å². The van der Waals surface area contributed by atoms with Crippen LogP contribution in [0.15, 0.2) is 0 Å². The summed E-state index contributed by atoms with van der Waals surface area (Å²) >= 11 is 0. The monoisotopic (exact) mass is 210 g/mol. The van der Waals surface area contributed by atoms with E-state index in [0.717, 1.165) is 38.1 Å². The maximum absolute atomic E-state index is 11.7. The van der Waals surface area contributed by atoms with Crippen molar-refractivity contribution in [1.82, 2.24) is 10.6 Å². The van der Waals surface area contributed by atoms with E-state index < -0.39 is 0 Å². The molecule has 2 fully saturated rings. The third kappa shape index (κ3) is 2.94. The molecule has 3 heteroatoms. The van der Waals surface area contributed by atoms with Gasteiger partial charge in [-0.05, 0) is 44.4 Å². The molecule has 1 aliphatic heterocycles. The van der Waals surface area contributed by atoms with Crippen molar-refractivity contribution in [2.75, 3.05) is 6.54 Å². The maximum atomic E-state index is 11.7. The molecule has 0 aromatic carbocycles. The molecule has 1 heterocycles. The summed E-state index contributed by atoms with van der Waals surface area (Å²) in [6.45, 7) is 3.07. The Balaban J connectivity index is 1.86. The van der Waals surface area contributed by atoms with Gasteiger partial charge in [-0.1, -0.05) is 6.92 Å². The zero-order valence-electron chi connectivity index (χ0n) is 9.59. The molecule has 1 amide bonds. The number of amides is 1. The quantitative estimate of drug-likeness (QED) is 0.737. The first-order valence-corrected chi connectivity index (χ1v) is 6.35. The second kappa shape index (κ2) is 4.97. The summed E-state index contributed by atoms with van der Waals surface area (Å²) in [5.74, 6) is 1.05. The van der Waals surface area contributed by atoms with Crippen molar-refractivity contribution >= 4 is 5.91 Å². The minimum absolute atomic E-state index is 0.0676.